The van der Waals surface area contributed by atoms with Gasteiger partial charge in [-0.2, -0.15) is 0 Å². The molecule has 0 fully saturated rings. The fourth-order valence-corrected chi connectivity index (χ4v) is 0.933. The number of hydrogen-bond acceptors (Lipinski definition) is 2. The fourth-order valence-electron chi connectivity index (χ4n) is 0.933. The second-order valence-electron chi connectivity index (χ2n) is 3.45. The van der Waals surface area contributed by atoms with E-state index < -0.39 is 0 Å². The van der Waals surface area contributed by atoms with Crippen LogP contribution in [0.5, 0.6) is 0 Å². The monoisotopic (exact) mass is 194 g/mol. The van der Waals surface area contributed by atoms with Crippen molar-refractivity contribution in [2.24, 2.45) is 0 Å². The van der Waals surface area contributed by atoms with Gasteiger partial charge in [-0.3, -0.25) is 0 Å². The third-order valence-electron chi connectivity index (χ3n) is 1.92. The first-order valence-corrected chi connectivity index (χ1v) is 5.02. The molecule has 0 radical (unpaired) electrons. The lowest BCUT2D eigenvalue weighted by molar-refractivity contribution is 0.423. The van der Waals surface area contributed by atoms with E-state index >= 15 is 0 Å². The summed E-state index contributed by atoms with van der Waals surface area (Å²) in [6.07, 6.45) is 3.97. The molecule has 0 saturated heterocycles. The molecule has 0 atom stereocenters. The lowest BCUT2D eigenvalue weighted by Gasteiger charge is -2.19. The Morgan fingerprint density at radius 3 is 2.50 bits per heavy atom. The Balaban J connectivity index is 3.81. The van der Waals surface area contributed by atoms with Gasteiger partial charge in [-0.25, -0.2) is 0 Å². The third kappa shape index (κ3) is 6.49. The average molecular weight is 194 g/mol. The normalized spacial score (nSPS) is 10.5. The second kappa shape index (κ2) is 7.39. The molecule has 2 heteroatoms. The van der Waals surface area contributed by atoms with Crippen molar-refractivity contribution >= 4 is 0 Å². The summed E-state index contributed by atoms with van der Waals surface area (Å²) in [4.78, 5) is 2.13. The van der Waals surface area contributed by atoms with Crippen LogP contribution in [0.2, 0.25) is 0 Å². The quantitative estimate of drug-likeness (QED) is 0.493. The molecular formula is C12H22N2. The van der Waals surface area contributed by atoms with Crippen molar-refractivity contribution in [2.75, 3.05) is 26.7 Å². The Labute approximate surface area is 88.0 Å². The Kier molecular flexibility index (Phi) is 6.85. The molecule has 0 bridgehead atoms. The maximum Gasteiger partial charge on any atom is 0.0299 e. The minimum atomic E-state index is 0.979. The molecule has 14 heavy (non-hydrogen) atoms. The number of likely N-dealkylation sites (N-methyl/N-ethyl adjacent to an activating group) is 2. The van der Waals surface area contributed by atoms with E-state index in [0.29, 0.717) is 0 Å². The minimum absolute atomic E-state index is 0.979. The highest BCUT2D eigenvalue weighted by molar-refractivity contribution is 5.21. The van der Waals surface area contributed by atoms with Gasteiger partial charge < -0.3 is 10.2 Å². The van der Waals surface area contributed by atoms with Crippen LogP contribution in [0, 0.1) is 0 Å². The van der Waals surface area contributed by atoms with E-state index in [1.54, 1.807) is 0 Å². The van der Waals surface area contributed by atoms with E-state index in [2.05, 4.69) is 30.3 Å². The van der Waals surface area contributed by atoms with Crippen LogP contribution in [0.1, 0.15) is 13.8 Å². The third-order valence-corrected chi connectivity index (χ3v) is 1.92. The van der Waals surface area contributed by atoms with Gasteiger partial charge in [0, 0.05) is 25.8 Å². The lowest BCUT2D eigenvalue weighted by Crippen LogP contribution is -2.27. The summed E-state index contributed by atoms with van der Waals surface area (Å²) >= 11 is 0. The van der Waals surface area contributed by atoms with Crippen LogP contribution >= 0.6 is 0 Å². The molecule has 0 saturated carbocycles. The predicted molar refractivity (Wildman–Crippen MR) is 64.3 cm³/mol. The van der Waals surface area contributed by atoms with E-state index in [1.165, 1.54) is 0 Å². The first kappa shape index (κ1) is 13.0. The van der Waals surface area contributed by atoms with Gasteiger partial charge in [0.05, 0.1) is 0 Å². The molecule has 2 nitrogen and oxygen atoms in total. The van der Waals surface area contributed by atoms with Crippen molar-refractivity contribution in [3.8, 4) is 0 Å². The highest BCUT2D eigenvalue weighted by atomic mass is 15.1. The number of rotatable bonds is 7. The fraction of sp³-hybridized carbons (Fsp3) is 0.500. The summed E-state index contributed by atoms with van der Waals surface area (Å²) in [5.41, 5.74) is 2.07. The first-order valence-electron chi connectivity index (χ1n) is 5.02. The Hall–Kier alpha value is -1.02. The zero-order valence-corrected chi connectivity index (χ0v) is 9.64. The summed E-state index contributed by atoms with van der Waals surface area (Å²) in [5, 5.41) is 3.27. The summed E-state index contributed by atoms with van der Waals surface area (Å²) in [6, 6.07) is 0. The molecule has 0 aromatic rings. The van der Waals surface area contributed by atoms with Crippen LogP contribution in [0.25, 0.3) is 0 Å². The molecule has 0 aromatic heterocycles. The van der Waals surface area contributed by atoms with Crippen LogP contribution in [0.15, 0.2) is 36.6 Å². The van der Waals surface area contributed by atoms with Crippen molar-refractivity contribution in [1.29, 1.82) is 0 Å². The van der Waals surface area contributed by atoms with E-state index in [1.807, 2.05) is 26.1 Å². The first-order chi connectivity index (χ1) is 6.57. The zero-order chi connectivity index (χ0) is 11.0. The van der Waals surface area contributed by atoms with Crippen molar-refractivity contribution < 1.29 is 0 Å². The molecule has 0 aliphatic rings. The van der Waals surface area contributed by atoms with E-state index in [4.69, 9.17) is 0 Å². The van der Waals surface area contributed by atoms with E-state index in [-0.39, 0.29) is 0 Å². The standard InChI is InChI=1S/C12H22N2/c1-6-13-9-10-14(5)12(4)8-7-11(2)3/h7-8,13H,2,4,6,9-10H2,1,3,5H3/b8-7-. The Morgan fingerprint density at radius 1 is 1.36 bits per heavy atom. The SMILES string of the molecule is C=C(C)/C=C\C(=C)N(C)CCNCC. The van der Waals surface area contributed by atoms with Gasteiger partial charge in [0.1, 0.15) is 0 Å². The van der Waals surface area contributed by atoms with Gasteiger partial charge in [0.15, 0.2) is 0 Å². The van der Waals surface area contributed by atoms with Crippen LogP contribution < -0.4 is 5.32 Å². The molecule has 0 heterocycles. The molecule has 0 aliphatic carbocycles. The van der Waals surface area contributed by atoms with Crippen molar-refractivity contribution in [3.63, 3.8) is 0 Å². The molecule has 0 aliphatic heterocycles. The number of allylic oxidation sites excluding steroid dienone is 3. The number of hydrogen-bond donors (Lipinski definition) is 1. The summed E-state index contributed by atoms with van der Waals surface area (Å²) in [7, 11) is 2.04. The molecule has 0 rings (SSSR count). The Bertz CT molecular complexity index is 216. The van der Waals surface area contributed by atoms with Gasteiger partial charge in [0.2, 0.25) is 0 Å². The smallest absolute Gasteiger partial charge is 0.0299 e. The van der Waals surface area contributed by atoms with Gasteiger partial charge in [0.25, 0.3) is 0 Å². The maximum absolute atomic E-state index is 3.98. The van der Waals surface area contributed by atoms with Gasteiger partial charge >= 0.3 is 0 Å². The summed E-state index contributed by atoms with van der Waals surface area (Å²) in [5.74, 6) is 0. The summed E-state index contributed by atoms with van der Waals surface area (Å²) < 4.78 is 0. The van der Waals surface area contributed by atoms with Gasteiger partial charge in [-0.05, 0) is 19.5 Å². The number of nitrogens with one attached hydrogen (secondary N) is 1. The molecule has 0 amide bonds. The van der Waals surface area contributed by atoms with Gasteiger partial charge in [-0.15, -0.1) is 0 Å². The topological polar surface area (TPSA) is 15.3 Å². The van der Waals surface area contributed by atoms with Crippen LogP contribution in [-0.4, -0.2) is 31.6 Å². The maximum atomic E-state index is 3.98. The zero-order valence-electron chi connectivity index (χ0n) is 9.64. The largest absolute Gasteiger partial charge is 0.374 e. The van der Waals surface area contributed by atoms with E-state index in [9.17, 15) is 0 Å². The molecule has 0 spiro atoms. The molecule has 80 valence electrons. The molecular weight excluding hydrogens is 172 g/mol. The van der Waals surface area contributed by atoms with Crippen LogP contribution in [0.3, 0.4) is 0 Å². The van der Waals surface area contributed by atoms with Crippen LogP contribution in [-0.2, 0) is 0 Å². The van der Waals surface area contributed by atoms with E-state index in [0.717, 1.165) is 30.9 Å². The molecule has 0 unspecified atom stereocenters. The Morgan fingerprint density at radius 2 is 2.00 bits per heavy atom. The molecule has 0 aromatic carbocycles. The highest BCUT2D eigenvalue weighted by Gasteiger charge is 1.96. The lowest BCUT2D eigenvalue weighted by atomic mass is 10.3. The van der Waals surface area contributed by atoms with Crippen molar-refractivity contribution in [1.82, 2.24) is 10.2 Å². The predicted octanol–water partition coefficient (Wildman–Crippen LogP) is 2.17. The summed E-state index contributed by atoms with van der Waals surface area (Å²) in [6.45, 7) is 14.8. The average Bonchev–Trinajstić information content (AvgIpc) is 2.14. The number of nitrogens with zero attached hydrogens (tertiary/aromatic N) is 1. The molecule has 1 N–H and O–H groups in total. The van der Waals surface area contributed by atoms with Crippen molar-refractivity contribution in [3.05, 3.63) is 36.6 Å². The van der Waals surface area contributed by atoms with Crippen LogP contribution in [0.4, 0.5) is 0 Å². The second-order valence-corrected chi connectivity index (χ2v) is 3.45. The van der Waals surface area contributed by atoms with Gasteiger partial charge in [-0.1, -0.05) is 31.7 Å². The highest BCUT2D eigenvalue weighted by Crippen LogP contribution is 2.01. The minimum Gasteiger partial charge on any atom is -0.374 e. The van der Waals surface area contributed by atoms with Crippen molar-refractivity contribution in [2.45, 2.75) is 13.8 Å².